The first-order chi connectivity index (χ1) is 15.9. The Morgan fingerprint density at radius 1 is 1.12 bits per heavy atom. The normalized spacial score (nSPS) is 15.1. The summed E-state index contributed by atoms with van der Waals surface area (Å²) >= 11 is 6.33. The number of ether oxygens (including phenoxy) is 1. The minimum atomic E-state index is -1.07. The highest BCUT2D eigenvalue weighted by atomic mass is 35.5. The molecule has 1 unspecified atom stereocenters. The summed E-state index contributed by atoms with van der Waals surface area (Å²) in [5.74, 6) is -0.665. The third kappa shape index (κ3) is 5.34. The van der Waals surface area contributed by atoms with Gasteiger partial charge in [-0.1, -0.05) is 41.9 Å². The summed E-state index contributed by atoms with van der Waals surface area (Å²) in [4.78, 5) is 30.9. The summed E-state index contributed by atoms with van der Waals surface area (Å²) in [6.07, 6.45) is 1.61. The Labute approximate surface area is 197 Å². The number of hydrogen-bond donors (Lipinski definition) is 1. The predicted molar refractivity (Wildman–Crippen MR) is 126 cm³/mol. The number of carbonyl (C=O) groups excluding carboxylic acids is 1. The van der Waals surface area contributed by atoms with Gasteiger partial charge in [0, 0.05) is 34.9 Å². The van der Waals surface area contributed by atoms with E-state index in [0.717, 1.165) is 28.9 Å². The highest BCUT2D eigenvalue weighted by Crippen LogP contribution is 2.40. The number of nitrogens with zero attached hydrogens (tertiary/aromatic N) is 2. The second-order valence-corrected chi connectivity index (χ2v) is 8.51. The Bertz CT molecular complexity index is 1180. The van der Waals surface area contributed by atoms with Crippen LogP contribution in [-0.4, -0.2) is 40.0 Å². The van der Waals surface area contributed by atoms with Crippen molar-refractivity contribution in [3.05, 3.63) is 93.8 Å². The molecule has 0 spiro atoms. The molecule has 4 rings (SSSR count). The number of aliphatic carboxylic acids is 1. The number of carboxylic acid groups (broad SMARTS) is 1. The first-order valence-corrected chi connectivity index (χ1v) is 11.2. The topological polar surface area (TPSA) is 79.7 Å². The van der Waals surface area contributed by atoms with Crippen molar-refractivity contribution >= 4 is 23.5 Å². The van der Waals surface area contributed by atoms with E-state index in [1.165, 1.54) is 0 Å². The minimum absolute atomic E-state index is 0.00182. The zero-order chi connectivity index (χ0) is 23.4. The molecule has 1 aliphatic rings. The largest absolute Gasteiger partial charge is 0.482 e. The second kappa shape index (κ2) is 10.0. The molecular formula is C26H25ClN2O4. The molecule has 1 amide bonds. The van der Waals surface area contributed by atoms with E-state index >= 15 is 0 Å². The summed E-state index contributed by atoms with van der Waals surface area (Å²) < 4.78 is 5.59. The van der Waals surface area contributed by atoms with E-state index in [1.54, 1.807) is 18.2 Å². The molecule has 1 N–H and O–H groups in total. The highest BCUT2D eigenvalue weighted by Gasteiger charge is 2.33. The van der Waals surface area contributed by atoms with Gasteiger partial charge in [0.25, 0.3) is 0 Å². The Balaban J connectivity index is 1.68. The molecule has 2 heterocycles. The Hall–Kier alpha value is -3.38. The molecule has 1 aliphatic heterocycles. The molecule has 0 bridgehead atoms. The summed E-state index contributed by atoms with van der Waals surface area (Å²) in [7, 11) is 0. The SMILES string of the molecule is Cc1cccc(CCC(=O)N2CCc3ccccc3C2c2cc(Cl)ccc2OCC(=O)O)n1. The molecule has 1 aromatic heterocycles. The maximum absolute atomic E-state index is 13.4. The molecule has 0 aliphatic carbocycles. The van der Waals surface area contributed by atoms with Crippen LogP contribution in [0.15, 0.2) is 60.7 Å². The Morgan fingerprint density at radius 2 is 1.94 bits per heavy atom. The number of fused-ring (bicyclic) bond motifs is 1. The van der Waals surface area contributed by atoms with Crippen molar-refractivity contribution in [2.24, 2.45) is 0 Å². The number of pyridine rings is 1. The Morgan fingerprint density at radius 3 is 2.73 bits per heavy atom. The van der Waals surface area contributed by atoms with Crippen LogP contribution in [0, 0.1) is 6.92 Å². The zero-order valence-electron chi connectivity index (χ0n) is 18.3. The van der Waals surface area contributed by atoms with Gasteiger partial charge in [-0.05, 0) is 61.2 Å². The van der Waals surface area contributed by atoms with Crippen LogP contribution in [-0.2, 0) is 22.4 Å². The van der Waals surface area contributed by atoms with Crippen molar-refractivity contribution in [2.45, 2.75) is 32.2 Å². The van der Waals surface area contributed by atoms with Crippen LogP contribution in [0.2, 0.25) is 5.02 Å². The second-order valence-electron chi connectivity index (χ2n) is 8.07. The van der Waals surface area contributed by atoms with Gasteiger partial charge in [0.05, 0.1) is 6.04 Å². The fourth-order valence-corrected chi connectivity index (χ4v) is 4.47. The molecule has 0 saturated carbocycles. The summed E-state index contributed by atoms with van der Waals surface area (Å²) in [5.41, 5.74) is 4.62. The van der Waals surface area contributed by atoms with Crippen molar-refractivity contribution in [1.82, 2.24) is 9.88 Å². The number of carbonyl (C=O) groups is 2. The molecule has 170 valence electrons. The molecule has 7 heteroatoms. The molecule has 33 heavy (non-hydrogen) atoms. The van der Waals surface area contributed by atoms with E-state index in [2.05, 4.69) is 11.1 Å². The number of halogens is 1. The molecular weight excluding hydrogens is 440 g/mol. The van der Waals surface area contributed by atoms with Crippen molar-refractivity contribution in [3.8, 4) is 5.75 Å². The number of rotatable bonds is 7. The smallest absolute Gasteiger partial charge is 0.341 e. The van der Waals surface area contributed by atoms with Crippen molar-refractivity contribution in [1.29, 1.82) is 0 Å². The first-order valence-electron chi connectivity index (χ1n) is 10.9. The average molecular weight is 465 g/mol. The molecule has 0 saturated heterocycles. The third-order valence-electron chi connectivity index (χ3n) is 5.76. The van der Waals surface area contributed by atoms with Gasteiger partial charge < -0.3 is 14.7 Å². The van der Waals surface area contributed by atoms with Crippen molar-refractivity contribution < 1.29 is 19.4 Å². The van der Waals surface area contributed by atoms with Gasteiger partial charge in [-0.2, -0.15) is 0 Å². The fourth-order valence-electron chi connectivity index (χ4n) is 4.29. The molecule has 1 atom stereocenters. The maximum atomic E-state index is 13.4. The summed E-state index contributed by atoms with van der Waals surface area (Å²) in [6.45, 7) is 2.00. The molecule has 0 fully saturated rings. The van der Waals surface area contributed by atoms with Crippen LogP contribution < -0.4 is 4.74 Å². The van der Waals surface area contributed by atoms with Crippen LogP contribution in [0.5, 0.6) is 5.75 Å². The van der Waals surface area contributed by atoms with Gasteiger partial charge in [-0.15, -0.1) is 0 Å². The van der Waals surface area contributed by atoms with Gasteiger partial charge in [0.15, 0.2) is 6.61 Å². The first kappa shape index (κ1) is 22.8. The van der Waals surface area contributed by atoms with E-state index in [1.807, 2.05) is 48.2 Å². The van der Waals surface area contributed by atoms with Gasteiger partial charge in [-0.25, -0.2) is 4.79 Å². The van der Waals surface area contributed by atoms with E-state index in [9.17, 15) is 9.59 Å². The van der Waals surface area contributed by atoms with Crippen molar-refractivity contribution in [3.63, 3.8) is 0 Å². The predicted octanol–water partition coefficient (Wildman–Crippen LogP) is 4.61. The number of aromatic nitrogens is 1. The number of aryl methyl sites for hydroxylation is 2. The lowest BCUT2D eigenvalue weighted by atomic mass is 9.87. The minimum Gasteiger partial charge on any atom is -0.482 e. The van der Waals surface area contributed by atoms with E-state index in [-0.39, 0.29) is 5.91 Å². The molecule has 6 nitrogen and oxygen atoms in total. The number of benzene rings is 2. The monoisotopic (exact) mass is 464 g/mol. The fraction of sp³-hybridized carbons (Fsp3) is 0.269. The number of amides is 1. The van der Waals surface area contributed by atoms with Crippen LogP contribution in [0.25, 0.3) is 0 Å². The van der Waals surface area contributed by atoms with E-state index < -0.39 is 18.6 Å². The zero-order valence-corrected chi connectivity index (χ0v) is 19.1. The molecule has 0 radical (unpaired) electrons. The van der Waals surface area contributed by atoms with Crippen LogP contribution >= 0.6 is 11.6 Å². The number of hydrogen-bond acceptors (Lipinski definition) is 4. The van der Waals surface area contributed by atoms with Gasteiger partial charge in [0.2, 0.25) is 5.91 Å². The van der Waals surface area contributed by atoms with Crippen LogP contribution in [0.4, 0.5) is 0 Å². The highest BCUT2D eigenvalue weighted by molar-refractivity contribution is 6.30. The summed E-state index contributed by atoms with van der Waals surface area (Å²) in [5, 5.41) is 9.60. The quantitative estimate of drug-likeness (QED) is 0.552. The van der Waals surface area contributed by atoms with Gasteiger partial charge >= 0.3 is 5.97 Å². The van der Waals surface area contributed by atoms with Gasteiger partial charge in [-0.3, -0.25) is 9.78 Å². The van der Waals surface area contributed by atoms with E-state index in [0.29, 0.717) is 35.7 Å². The van der Waals surface area contributed by atoms with Crippen molar-refractivity contribution in [2.75, 3.05) is 13.2 Å². The lowest BCUT2D eigenvalue weighted by Gasteiger charge is -2.38. The Kier molecular flexibility index (Phi) is 6.94. The standard InChI is InChI=1S/C26H25ClN2O4/c1-17-5-4-7-20(28-17)10-12-24(30)29-14-13-18-6-2-3-8-21(18)26(29)22-15-19(27)9-11-23(22)33-16-25(31)32/h2-9,11,15,26H,10,12-14,16H2,1H3,(H,31,32). The molecule has 2 aromatic carbocycles. The number of carboxylic acids is 1. The van der Waals surface area contributed by atoms with E-state index in [4.69, 9.17) is 21.4 Å². The lowest BCUT2D eigenvalue weighted by Crippen LogP contribution is -2.41. The molecule has 3 aromatic rings. The lowest BCUT2D eigenvalue weighted by molar-refractivity contribution is -0.139. The van der Waals surface area contributed by atoms with Gasteiger partial charge in [0.1, 0.15) is 5.75 Å². The maximum Gasteiger partial charge on any atom is 0.341 e. The van der Waals surface area contributed by atoms with Crippen LogP contribution in [0.1, 0.15) is 40.5 Å². The average Bonchev–Trinajstić information content (AvgIpc) is 2.81. The van der Waals surface area contributed by atoms with Crippen LogP contribution in [0.3, 0.4) is 0 Å². The third-order valence-corrected chi connectivity index (χ3v) is 6.00. The summed E-state index contributed by atoms with van der Waals surface area (Å²) in [6, 6.07) is 18.5.